The van der Waals surface area contributed by atoms with Crippen LogP contribution in [0, 0.1) is 16.2 Å². The molecule has 0 aromatic carbocycles. The van der Waals surface area contributed by atoms with Crippen molar-refractivity contribution in [3.63, 3.8) is 0 Å². The van der Waals surface area contributed by atoms with Crippen molar-refractivity contribution < 1.29 is 0 Å². The summed E-state index contributed by atoms with van der Waals surface area (Å²) in [5.74, 6) is 0. The van der Waals surface area contributed by atoms with Crippen molar-refractivity contribution in [2.75, 3.05) is 66.0 Å². The highest BCUT2D eigenvalue weighted by Gasteiger charge is 2.47. The quantitative estimate of drug-likeness (QED) is 0.832. The predicted molar refractivity (Wildman–Crippen MR) is 100 cm³/mol. The lowest BCUT2D eigenvalue weighted by molar-refractivity contribution is -0.0684. The summed E-state index contributed by atoms with van der Waals surface area (Å²) in [6.45, 7) is 14.0. The second-order valence-electron chi connectivity index (χ2n) is 10.2. The van der Waals surface area contributed by atoms with Crippen molar-refractivity contribution in [3.8, 4) is 0 Å². The van der Waals surface area contributed by atoms with Gasteiger partial charge in [-0.25, -0.2) is 0 Å². The van der Waals surface area contributed by atoms with Gasteiger partial charge < -0.3 is 20.4 Å². The fourth-order valence-corrected chi connectivity index (χ4v) is 5.45. The Morgan fingerprint density at radius 3 is 1.96 bits per heavy atom. The zero-order chi connectivity index (χ0) is 16.8. The Hall–Kier alpha value is -0.160. The zero-order valence-corrected chi connectivity index (χ0v) is 16.0. The molecule has 0 aromatic rings. The first-order valence-corrected chi connectivity index (χ1v) is 10.3. The molecule has 4 nitrogen and oxygen atoms in total. The van der Waals surface area contributed by atoms with Crippen LogP contribution in [-0.4, -0.2) is 80.7 Å². The van der Waals surface area contributed by atoms with Crippen LogP contribution in [0.4, 0.5) is 0 Å². The molecule has 1 saturated carbocycles. The van der Waals surface area contributed by atoms with Gasteiger partial charge in [0.2, 0.25) is 0 Å². The first-order chi connectivity index (χ1) is 11.4. The van der Waals surface area contributed by atoms with Gasteiger partial charge >= 0.3 is 0 Å². The first-order valence-electron chi connectivity index (χ1n) is 10.3. The minimum absolute atomic E-state index is 0.506. The van der Waals surface area contributed by atoms with Crippen LogP contribution in [0.15, 0.2) is 0 Å². The SMILES string of the molecule is CN1CCC2(CC1)CN(CC1(C)CCN(CC3(CN)CC3)CC1)C2. The monoisotopic (exact) mass is 334 g/mol. The maximum Gasteiger partial charge on any atom is 0.00517 e. The summed E-state index contributed by atoms with van der Waals surface area (Å²) >= 11 is 0. The summed E-state index contributed by atoms with van der Waals surface area (Å²) in [5, 5.41) is 0. The van der Waals surface area contributed by atoms with Crippen molar-refractivity contribution in [1.29, 1.82) is 0 Å². The van der Waals surface area contributed by atoms with Gasteiger partial charge in [0.25, 0.3) is 0 Å². The molecule has 3 heterocycles. The second-order valence-corrected chi connectivity index (χ2v) is 10.2. The number of nitrogens with zero attached hydrogens (tertiary/aromatic N) is 3. The normalized spacial score (nSPS) is 32.6. The number of piperidine rings is 2. The van der Waals surface area contributed by atoms with E-state index in [1.54, 1.807) is 0 Å². The highest BCUT2D eigenvalue weighted by Crippen LogP contribution is 2.47. The number of likely N-dealkylation sites (tertiary alicyclic amines) is 3. The third-order valence-electron chi connectivity index (χ3n) is 7.78. The molecule has 24 heavy (non-hydrogen) atoms. The fourth-order valence-electron chi connectivity index (χ4n) is 5.45. The van der Waals surface area contributed by atoms with E-state index in [-0.39, 0.29) is 0 Å². The van der Waals surface area contributed by atoms with E-state index in [9.17, 15) is 0 Å². The van der Waals surface area contributed by atoms with Gasteiger partial charge in [-0.3, -0.25) is 0 Å². The zero-order valence-electron chi connectivity index (χ0n) is 16.0. The molecule has 0 radical (unpaired) electrons. The van der Waals surface area contributed by atoms with Crippen LogP contribution in [0.1, 0.15) is 45.4 Å². The highest BCUT2D eigenvalue weighted by molar-refractivity contribution is 5.01. The van der Waals surface area contributed by atoms with Gasteiger partial charge in [-0.2, -0.15) is 0 Å². The molecule has 2 N–H and O–H groups in total. The first kappa shape index (κ1) is 17.3. The summed E-state index contributed by atoms with van der Waals surface area (Å²) in [7, 11) is 2.27. The second kappa shape index (κ2) is 6.22. The van der Waals surface area contributed by atoms with Gasteiger partial charge in [-0.05, 0) is 94.5 Å². The predicted octanol–water partition coefficient (Wildman–Crippen LogP) is 1.86. The molecule has 1 spiro atoms. The molecular weight excluding hydrogens is 296 g/mol. The smallest absolute Gasteiger partial charge is 0.00517 e. The Morgan fingerprint density at radius 2 is 1.42 bits per heavy atom. The van der Waals surface area contributed by atoms with E-state index in [1.807, 2.05) is 0 Å². The van der Waals surface area contributed by atoms with Crippen LogP contribution in [0.5, 0.6) is 0 Å². The van der Waals surface area contributed by atoms with E-state index in [2.05, 4.69) is 28.7 Å². The summed E-state index contributed by atoms with van der Waals surface area (Å²) in [6.07, 6.45) is 8.32. The molecule has 138 valence electrons. The average Bonchev–Trinajstić information content (AvgIpc) is 3.31. The summed E-state index contributed by atoms with van der Waals surface area (Å²) < 4.78 is 0. The Morgan fingerprint density at radius 1 is 0.792 bits per heavy atom. The number of rotatable bonds is 5. The van der Waals surface area contributed by atoms with Crippen LogP contribution in [0.2, 0.25) is 0 Å². The molecule has 4 rings (SSSR count). The van der Waals surface area contributed by atoms with Crippen LogP contribution >= 0.6 is 0 Å². The summed E-state index contributed by atoms with van der Waals surface area (Å²) in [5.41, 5.74) is 7.70. The molecule has 4 heteroatoms. The number of hydrogen-bond donors (Lipinski definition) is 1. The third kappa shape index (κ3) is 3.53. The Bertz CT molecular complexity index is 435. The van der Waals surface area contributed by atoms with Gasteiger partial charge in [-0.15, -0.1) is 0 Å². The lowest BCUT2D eigenvalue weighted by Gasteiger charge is -2.56. The molecule has 1 aliphatic carbocycles. The van der Waals surface area contributed by atoms with Crippen LogP contribution in [-0.2, 0) is 0 Å². The molecule has 4 aliphatic rings. The van der Waals surface area contributed by atoms with Crippen molar-refractivity contribution in [3.05, 3.63) is 0 Å². The molecular formula is C20H38N4. The largest absolute Gasteiger partial charge is 0.330 e. The van der Waals surface area contributed by atoms with Crippen molar-refractivity contribution in [2.24, 2.45) is 22.0 Å². The lowest BCUT2D eigenvalue weighted by Crippen LogP contribution is -2.62. The van der Waals surface area contributed by atoms with Crippen molar-refractivity contribution in [1.82, 2.24) is 14.7 Å². The van der Waals surface area contributed by atoms with E-state index in [4.69, 9.17) is 5.73 Å². The maximum atomic E-state index is 5.97. The van der Waals surface area contributed by atoms with Gasteiger partial charge in [0.1, 0.15) is 0 Å². The highest BCUT2D eigenvalue weighted by atomic mass is 15.2. The minimum atomic E-state index is 0.506. The van der Waals surface area contributed by atoms with E-state index in [0.29, 0.717) is 16.2 Å². The van der Waals surface area contributed by atoms with E-state index in [0.717, 1.165) is 6.54 Å². The minimum Gasteiger partial charge on any atom is -0.330 e. The molecule has 0 bridgehead atoms. The van der Waals surface area contributed by atoms with E-state index >= 15 is 0 Å². The topological polar surface area (TPSA) is 35.7 Å². The standard InChI is InChI=1S/C20H38N4/c1-18(5-11-23(12-6-18)15-19(13-21)3-4-19)14-24-16-20(17-24)7-9-22(2)10-8-20/h3-17,21H2,1-2H3. The van der Waals surface area contributed by atoms with Gasteiger partial charge in [0.05, 0.1) is 0 Å². The molecule has 0 atom stereocenters. The molecule has 3 saturated heterocycles. The fraction of sp³-hybridized carbons (Fsp3) is 1.00. The molecule has 0 amide bonds. The average molecular weight is 335 g/mol. The van der Waals surface area contributed by atoms with Crippen LogP contribution in [0.3, 0.4) is 0 Å². The number of nitrogens with two attached hydrogens (primary N) is 1. The Kier molecular flexibility index (Phi) is 4.48. The van der Waals surface area contributed by atoms with Crippen LogP contribution < -0.4 is 5.73 Å². The van der Waals surface area contributed by atoms with E-state index < -0.39 is 0 Å². The van der Waals surface area contributed by atoms with Gasteiger partial charge in [0.15, 0.2) is 0 Å². The molecule has 0 unspecified atom stereocenters. The lowest BCUT2D eigenvalue weighted by atomic mass is 9.70. The summed E-state index contributed by atoms with van der Waals surface area (Å²) in [6, 6.07) is 0. The third-order valence-corrected chi connectivity index (χ3v) is 7.78. The van der Waals surface area contributed by atoms with Crippen molar-refractivity contribution in [2.45, 2.75) is 45.4 Å². The Balaban J connectivity index is 1.21. The molecule has 4 fully saturated rings. The summed E-state index contributed by atoms with van der Waals surface area (Å²) in [4.78, 5) is 7.97. The van der Waals surface area contributed by atoms with Crippen molar-refractivity contribution >= 4 is 0 Å². The van der Waals surface area contributed by atoms with E-state index in [1.165, 1.54) is 90.9 Å². The Labute approximate surface area is 148 Å². The van der Waals surface area contributed by atoms with Gasteiger partial charge in [-0.1, -0.05) is 6.92 Å². The van der Waals surface area contributed by atoms with Gasteiger partial charge in [0, 0.05) is 26.2 Å². The number of hydrogen-bond acceptors (Lipinski definition) is 4. The maximum absolute atomic E-state index is 5.97. The van der Waals surface area contributed by atoms with Crippen LogP contribution in [0.25, 0.3) is 0 Å². The molecule has 0 aromatic heterocycles. The molecule has 3 aliphatic heterocycles.